The Bertz CT molecular complexity index is 486. The number of alkyl halides is 2. The summed E-state index contributed by atoms with van der Waals surface area (Å²) in [5.41, 5.74) is -0.983. The minimum Gasteiger partial charge on any atom is -0.469 e. The lowest BCUT2D eigenvalue weighted by Crippen LogP contribution is -2.10. The molecule has 1 rings (SSSR count). The van der Waals surface area contributed by atoms with Crippen LogP contribution in [0.5, 0.6) is 0 Å². The molecule has 0 N–H and O–H groups in total. The predicted octanol–water partition coefficient (Wildman–Crippen LogP) is 2.26. The first-order valence-corrected chi connectivity index (χ1v) is 4.81. The van der Waals surface area contributed by atoms with Gasteiger partial charge in [-0.15, -0.1) is 0 Å². The number of esters is 1. The van der Waals surface area contributed by atoms with Gasteiger partial charge in [-0.2, -0.15) is 5.26 Å². The van der Waals surface area contributed by atoms with Gasteiger partial charge < -0.3 is 4.74 Å². The zero-order valence-electron chi connectivity index (χ0n) is 8.71. The van der Waals surface area contributed by atoms with E-state index in [2.05, 4.69) is 9.72 Å². The molecule has 17 heavy (non-hydrogen) atoms. The first-order chi connectivity index (χ1) is 7.99. The van der Waals surface area contributed by atoms with E-state index in [9.17, 15) is 13.6 Å². The molecule has 0 spiro atoms. The third-order valence-corrected chi connectivity index (χ3v) is 2.17. The number of aromatic nitrogens is 1. The normalized spacial score (nSPS) is 10.1. The highest BCUT2D eigenvalue weighted by Crippen LogP contribution is 2.27. The molecule has 0 atom stereocenters. The summed E-state index contributed by atoms with van der Waals surface area (Å²) in [4.78, 5) is 14.7. The van der Waals surface area contributed by atoms with E-state index in [1.165, 1.54) is 0 Å². The molecule has 0 aromatic carbocycles. The van der Waals surface area contributed by atoms with E-state index >= 15 is 0 Å². The van der Waals surface area contributed by atoms with Gasteiger partial charge in [-0.05, 0) is 6.07 Å². The Labute approximate surface area is 101 Å². The van der Waals surface area contributed by atoms with Crippen molar-refractivity contribution in [3.05, 3.63) is 28.0 Å². The third kappa shape index (κ3) is 3.11. The molecule has 1 aromatic rings. The summed E-state index contributed by atoms with van der Waals surface area (Å²) in [5.74, 6) is -0.684. The summed E-state index contributed by atoms with van der Waals surface area (Å²) in [7, 11) is 1.15. The number of halogens is 3. The minimum atomic E-state index is -2.86. The average molecular weight is 261 g/mol. The second-order valence-corrected chi connectivity index (χ2v) is 3.41. The molecule has 0 radical (unpaired) electrons. The third-order valence-electron chi connectivity index (χ3n) is 1.98. The fourth-order valence-corrected chi connectivity index (χ4v) is 1.44. The Morgan fingerprint density at radius 2 is 2.35 bits per heavy atom. The van der Waals surface area contributed by atoms with Gasteiger partial charge >= 0.3 is 5.97 Å². The van der Waals surface area contributed by atoms with Crippen LogP contribution in [0.2, 0.25) is 5.15 Å². The molecule has 0 amide bonds. The molecule has 7 heteroatoms. The summed E-state index contributed by atoms with van der Waals surface area (Å²) < 4.78 is 29.7. The highest BCUT2D eigenvalue weighted by molar-refractivity contribution is 6.29. The molecular formula is C10H7ClF2N2O2. The second-order valence-electron chi connectivity index (χ2n) is 3.02. The van der Waals surface area contributed by atoms with E-state index in [0.29, 0.717) is 0 Å². The van der Waals surface area contributed by atoms with Crippen molar-refractivity contribution in [1.29, 1.82) is 5.26 Å². The number of nitriles is 1. The van der Waals surface area contributed by atoms with Crippen molar-refractivity contribution in [2.75, 3.05) is 7.11 Å². The number of carbonyl (C=O) groups is 1. The average Bonchev–Trinajstić information content (AvgIpc) is 2.28. The first-order valence-electron chi connectivity index (χ1n) is 4.44. The molecule has 1 aromatic heterocycles. The maximum Gasteiger partial charge on any atom is 0.311 e. The fraction of sp³-hybridized carbons (Fsp3) is 0.300. The van der Waals surface area contributed by atoms with Crippen LogP contribution in [0, 0.1) is 11.3 Å². The molecule has 0 saturated heterocycles. The quantitative estimate of drug-likeness (QED) is 0.618. The van der Waals surface area contributed by atoms with Crippen molar-refractivity contribution < 1.29 is 18.3 Å². The summed E-state index contributed by atoms with van der Waals surface area (Å²) in [5, 5.41) is 8.61. The molecule has 0 bridgehead atoms. The van der Waals surface area contributed by atoms with Crippen molar-refractivity contribution in [3.63, 3.8) is 0 Å². The predicted molar refractivity (Wildman–Crippen MR) is 54.6 cm³/mol. The number of rotatable bonds is 3. The van der Waals surface area contributed by atoms with E-state index in [1.54, 1.807) is 6.07 Å². The van der Waals surface area contributed by atoms with Crippen molar-refractivity contribution in [1.82, 2.24) is 4.98 Å². The molecular weight excluding hydrogens is 254 g/mol. The molecule has 0 saturated carbocycles. The Hall–Kier alpha value is -1.74. The van der Waals surface area contributed by atoms with Gasteiger partial charge in [-0.3, -0.25) is 4.79 Å². The van der Waals surface area contributed by atoms with Gasteiger partial charge in [0.2, 0.25) is 0 Å². The van der Waals surface area contributed by atoms with Crippen LogP contribution in [-0.2, 0) is 16.0 Å². The number of ether oxygens (including phenoxy) is 1. The van der Waals surface area contributed by atoms with Crippen LogP contribution in [-0.4, -0.2) is 18.1 Å². The van der Waals surface area contributed by atoms with Crippen LogP contribution < -0.4 is 0 Å². The smallest absolute Gasteiger partial charge is 0.311 e. The lowest BCUT2D eigenvalue weighted by molar-refractivity contribution is -0.139. The van der Waals surface area contributed by atoms with Crippen LogP contribution in [0.3, 0.4) is 0 Å². The summed E-state index contributed by atoms with van der Waals surface area (Å²) in [6.45, 7) is 0. The molecule has 1 heterocycles. The first kappa shape index (κ1) is 13.3. The van der Waals surface area contributed by atoms with Gasteiger partial charge in [0, 0.05) is 5.56 Å². The van der Waals surface area contributed by atoms with E-state index in [0.717, 1.165) is 13.2 Å². The fourth-order valence-electron chi connectivity index (χ4n) is 1.22. The number of hydrogen-bond donors (Lipinski definition) is 0. The SMILES string of the molecule is COC(=O)Cc1nc(Cl)cc(C(F)F)c1C#N. The standard InChI is InChI=1S/C10H7ClF2N2O2/c1-17-9(16)3-7-6(4-14)5(10(12)13)2-8(11)15-7/h2,10H,3H2,1H3. The van der Waals surface area contributed by atoms with Crippen molar-refractivity contribution in [3.8, 4) is 6.07 Å². The van der Waals surface area contributed by atoms with Crippen molar-refractivity contribution in [2.45, 2.75) is 12.8 Å². The van der Waals surface area contributed by atoms with Crippen LogP contribution >= 0.6 is 11.6 Å². The summed E-state index contributed by atoms with van der Waals surface area (Å²) >= 11 is 5.54. The second kappa shape index (κ2) is 5.55. The topological polar surface area (TPSA) is 63.0 Å². The molecule has 0 fully saturated rings. The van der Waals surface area contributed by atoms with Gasteiger partial charge in [-0.1, -0.05) is 11.6 Å². The zero-order valence-corrected chi connectivity index (χ0v) is 9.46. The molecule has 0 aliphatic heterocycles. The Balaban J connectivity index is 3.29. The number of carbonyl (C=O) groups excluding carboxylic acids is 1. The number of hydrogen-bond acceptors (Lipinski definition) is 4. The zero-order chi connectivity index (χ0) is 13.0. The summed E-state index contributed by atoms with van der Waals surface area (Å²) in [6.07, 6.45) is -3.24. The van der Waals surface area contributed by atoms with E-state index in [-0.39, 0.29) is 22.8 Å². The van der Waals surface area contributed by atoms with Crippen molar-refractivity contribution >= 4 is 17.6 Å². The molecule has 0 aliphatic carbocycles. The lowest BCUT2D eigenvalue weighted by Gasteiger charge is -2.08. The van der Waals surface area contributed by atoms with Crippen LogP contribution in [0.15, 0.2) is 6.07 Å². The Morgan fingerprint density at radius 3 is 2.82 bits per heavy atom. The number of nitrogens with zero attached hydrogens (tertiary/aromatic N) is 2. The van der Waals surface area contributed by atoms with E-state index in [4.69, 9.17) is 16.9 Å². The van der Waals surface area contributed by atoms with Gasteiger partial charge in [0.1, 0.15) is 11.2 Å². The van der Waals surface area contributed by atoms with E-state index < -0.39 is 18.0 Å². The van der Waals surface area contributed by atoms with Gasteiger partial charge in [0.15, 0.2) is 0 Å². The van der Waals surface area contributed by atoms with E-state index in [1.807, 2.05) is 0 Å². The maximum absolute atomic E-state index is 12.6. The van der Waals surface area contributed by atoms with Gasteiger partial charge in [0.05, 0.1) is 24.8 Å². The molecule has 0 unspecified atom stereocenters. The molecule has 4 nitrogen and oxygen atoms in total. The Kier molecular flexibility index (Phi) is 4.35. The molecule has 90 valence electrons. The molecule has 0 aliphatic rings. The minimum absolute atomic E-state index is 0.109. The monoisotopic (exact) mass is 260 g/mol. The highest BCUT2D eigenvalue weighted by atomic mass is 35.5. The van der Waals surface area contributed by atoms with Crippen LogP contribution in [0.1, 0.15) is 23.2 Å². The van der Waals surface area contributed by atoms with Crippen molar-refractivity contribution in [2.24, 2.45) is 0 Å². The lowest BCUT2D eigenvalue weighted by atomic mass is 10.1. The summed E-state index contributed by atoms with van der Waals surface area (Å²) in [6, 6.07) is 2.50. The van der Waals surface area contributed by atoms with Crippen LogP contribution in [0.25, 0.3) is 0 Å². The Morgan fingerprint density at radius 1 is 1.71 bits per heavy atom. The number of methoxy groups -OCH3 is 1. The highest BCUT2D eigenvalue weighted by Gasteiger charge is 2.20. The van der Waals surface area contributed by atoms with Gasteiger partial charge in [-0.25, -0.2) is 13.8 Å². The van der Waals surface area contributed by atoms with Gasteiger partial charge in [0.25, 0.3) is 6.43 Å². The maximum atomic E-state index is 12.6. The number of pyridine rings is 1. The largest absolute Gasteiger partial charge is 0.469 e. The van der Waals surface area contributed by atoms with Crippen LogP contribution in [0.4, 0.5) is 8.78 Å².